The number of likely N-dealkylation sites (tertiary alicyclic amines) is 1. The maximum Gasteiger partial charge on any atom is 0.407 e. The van der Waals surface area contributed by atoms with E-state index in [1.165, 1.54) is 0 Å². The van der Waals surface area contributed by atoms with Gasteiger partial charge in [0, 0.05) is 63.8 Å². The molecule has 14 heteroatoms. The maximum atomic E-state index is 12.2. The first-order chi connectivity index (χ1) is 23.7. The molecular formula is C36H53N9O4Si. The van der Waals surface area contributed by atoms with E-state index in [1.54, 1.807) is 4.90 Å². The molecule has 0 radical (unpaired) electrons. The summed E-state index contributed by atoms with van der Waals surface area (Å²) < 4.78 is 15.8. The first-order valence-electron chi connectivity index (χ1n) is 17.8. The molecule has 2 fully saturated rings. The summed E-state index contributed by atoms with van der Waals surface area (Å²) >= 11 is 0. The van der Waals surface area contributed by atoms with E-state index in [1.807, 2.05) is 40.9 Å². The summed E-state index contributed by atoms with van der Waals surface area (Å²) in [6.45, 7) is 17.6. The molecule has 2 aliphatic rings. The van der Waals surface area contributed by atoms with Crippen molar-refractivity contribution in [3.63, 3.8) is 0 Å². The van der Waals surface area contributed by atoms with Crippen LogP contribution in [0.2, 0.25) is 25.7 Å². The molecule has 6 rings (SSSR count). The Morgan fingerprint density at radius 2 is 1.88 bits per heavy atom. The number of rotatable bonds is 10. The van der Waals surface area contributed by atoms with Gasteiger partial charge in [-0.1, -0.05) is 51.7 Å². The van der Waals surface area contributed by atoms with Crippen molar-refractivity contribution in [3.8, 4) is 22.4 Å². The molecule has 0 spiro atoms. The van der Waals surface area contributed by atoms with Gasteiger partial charge in [-0.3, -0.25) is 0 Å². The minimum absolute atomic E-state index is 0.0541. The third-order valence-corrected chi connectivity index (χ3v) is 12.5. The second kappa shape index (κ2) is 14.0. The van der Waals surface area contributed by atoms with Gasteiger partial charge in [-0.25, -0.2) is 14.2 Å². The van der Waals surface area contributed by atoms with Gasteiger partial charge in [-0.05, 0) is 68.7 Å². The van der Waals surface area contributed by atoms with E-state index in [2.05, 4.69) is 79.8 Å². The summed E-state index contributed by atoms with van der Waals surface area (Å²) in [5, 5.41) is 33.3. The highest BCUT2D eigenvalue weighted by atomic mass is 28.3. The lowest BCUT2D eigenvalue weighted by Gasteiger charge is -2.54. The Morgan fingerprint density at radius 3 is 2.54 bits per heavy atom. The standard InChI is InChI=1S/C36H53N9O4Si/c1-35(2,3)36(4)21-26(16-17-43(36)34(46)47)42(5)30-15-14-29(38-39-30)28-13-12-27(25-22-37-44(23-25)31-11-9-10-18-49-31)32-33(28)45(41-40-32)24-48-19-20-50(6,7)8/h12-15,22-23,26,31H,9-11,16-21,24H2,1-8H3,(H,46,47)/t26-,31?,36-/m1/s1. The topological polar surface area (TPSA) is 137 Å². The number of carboxylic acid groups (broad SMARTS) is 1. The average Bonchev–Trinajstić information content (AvgIpc) is 3.74. The molecule has 0 bridgehead atoms. The molecular weight excluding hydrogens is 651 g/mol. The van der Waals surface area contributed by atoms with E-state index in [-0.39, 0.29) is 24.4 Å². The fourth-order valence-electron chi connectivity index (χ4n) is 7.10. The van der Waals surface area contributed by atoms with E-state index in [0.717, 1.165) is 65.5 Å². The molecule has 0 saturated carbocycles. The van der Waals surface area contributed by atoms with Crippen molar-refractivity contribution in [2.75, 3.05) is 31.7 Å². The van der Waals surface area contributed by atoms with Crippen LogP contribution in [0.15, 0.2) is 36.7 Å². The van der Waals surface area contributed by atoms with Crippen molar-refractivity contribution in [1.29, 1.82) is 0 Å². The van der Waals surface area contributed by atoms with Crippen molar-refractivity contribution in [1.82, 2.24) is 39.9 Å². The zero-order valence-corrected chi connectivity index (χ0v) is 31.9. The molecule has 0 aliphatic carbocycles. The van der Waals surface area contributed by atoms with E-state index in [0.29, 0.717) is 31.7 Å². The predicted octanol–water partition coefficient (Wildman–Crippen LogP) is 7.15. The van der Waals surface area contributed by atoms with E-state index >= 15 is 0 Å². The van der Waals surface area contributed by atoms with Crippen LogP contribution in [0.4, 0.5) is 10.6 Å². The van der Waals surface area contributed by atoms with Crippen molar-refractivity contribution in [2.45, 2.75) is 110 Å². The summed E-state index contributed by atoms with van der Waals surface area (Å²) in [7, 11) is 0.768. The van der Waals surface area contributed by atoms with Gasteiger partial charge < -0.3 is 24.4 Å². The quantitative estimate of drug-likeness (QED) is 0.134. The van der Waals surface area contributed by atoms with Gasteiger partial charge in [0.25, 0.3) is 0 Å². The van der Waals surface area contributed by atoms with E-state index in [4.69, 9.17) is 19.7 Å². The summed E-state index contributed by atoms with van der Waals surface area (Å²) in [5.41, 5.74) is 4.25. The minimum atomic E-state index is -1.26. The Morgan fingerprint density at radius 1 is 1.10 bits per heavy atom. The molecule has 1 N–H and O–H groups in total. The number of aromatic nitrogens is 7. The van der Waals surface area contributed by atoms with Crippen LogP contribution < -0.4 is 4.90 Å². The molecule has 2 aliphatic heterocycles. The number of ether oxygens (including phenoxy) is 2. The molecule has 13 nitrogen and oxygen atoms in total. The number of amides is 1. The second-order valence-corrected chi connectivity index (χ2v) is 21.9. The van der Waals surface area contributed by atoms with E-state index < -0.39 is 19.7 Å². The van der Waals surface area contributed by atoms with Crippen LogP contribution in [-0.2, 0) is 16.2 Å². The second-order valence-electron chi connectivity index (χ2n) is 16.3. The van der Waals surface area contributed by atoms with Gasteiger partial charge in [0.1, 0.15) is 24.0 Å². The first-order valence-corrected chi connectivity index (χ1v) is 21.5. The number of piperidine rings is 1. The highest BCUT2D eigenvalue weighted by Crippen LogP contribution is 2.44. The van der Waals surface area contributed by atoms with Crippen molar-refractivity contribution < 1.29 is 19.4 Å². The molecule has 4 aromatic rings. The van der Waals surface area contributed by atoms with Crippen LogP contribution in [-0.4, -0.2) is 97.5 Å². The zero-order chi connectivity index (χ0) is 35.8. The fraction of sp³-hybridized carbons (Fsp3) is 0.611. The summed E-state index contributed by atoms with van der Waals surface area (Å²) in [4.78, 5) is 15.9. The minimum Gasteiger partial charge on any atom is -0.465 e. The highest BCUT2D eigenvalue weighted by molar-refractivity contribution is 6.76. The Balaban J connectivity index is 1.30. The third-order valence-electron chi connectivity index (χ3n) is 10.8. The Bertz CT molecular complexity index is 1790. The van der Waals surface area contributed by atoms with Gasteiger partial charge in [-0.15, -0.1) is 15.3 Å². The first kappa shape index (κ1) is 35.9. The van der Waals surface area contributed by atoms with Gasteiger partial charge >= 0.3 is 6.09 Å². The largest absolute Gasteiger partial charge is 0.465 e. The monoisotopic (exact) mass is 703 g/mol. The molecule has 3 atom stereocenters. The lowest BCUT2D eigenvalue weighted by molar-refractivity contribution is -0.0394. The zero-order valence-electron chi connectivity index (χ0n) is 30.9. The fourth-order valence-corrected chi connectivity index (χ4v) is 7.86. The average molecular weight is 704 g/mol. The Kier molecular flexibility index (Phi) is 10.1. The summed E-state index contributed by atoms with van der Waals surface area (Å²) in [6.07, 6.45) is 7.54. The predicted molar refractivity (Wildman–Crippen MR) is 197 cm³/mol. The lowest BCUT2D eigenvalue weighted by atomic mass is 9.68. The molecule has 1 amide bonds. The van der Waals surface area contributed by atoms with Crippen LogP contribution in [0, 0.1) is 5.41 Å². The van der Waals surface area contributed by atoms with Crippen LogP contribution in [0.3, 0.4) is 0 Å². The van der Waals surface area contributed by atoms with Gasteiger partial charge in [-0.2, -0.15) is 5.10 Å². The molecule has 1 unspecified atom stereocenters. The van der Waals surface area contributed by atoms with Gasteiger partial charge in [0.2, 0.25) is 0 Å². The molecule has 5 heterocycles. The summed E-state index contributed by atoms with van der Waals surface area (Å²) in [5.74, 6) is 0.741. The molecule has 50 heavy (non-hydrogen) atoms. The molecule has 1 aromatic carbocycles. The molecule has 3 aromatic heterocycles. The number of nitrogens with zero attached hydrogens (tertiary/aromatic N) is 9. The van der Waals surface area contributed by atoms with Crippen LogP contribution in [0.1, 0.15) is 66.0 Å². The number of anilines is 1. The van der Waals surface area contributed by atoms with Crippen molar-refractivity contribution in [2.24, 2.45) is 5.41 Å². The van der Waals surface area contributed by atoms with Crippen LogP contribution in [0.25, 0.3) is 33.4 Å². The number of hydrogen-bond acceptors (Lipinski definition) is 9. The number of benzene rings is 1. The number of hydrogen-bond donors (Lipinski definition) is 1. The Labute approximate surface area is 296 Å². The van der Waals surface area contributed by atoms with Gasteiger partial charge in [0.05, 0.1) is 17.4 Å². The smallest absolute Gasteiger partial charge is 0.407 e. The van der Waals surface area contributed by atoms with E-state index in [9.17, 15) is 9.90 Å². The Hall–Kier alpha value is -3.88. The normalized spacial score (nSPS) is 21.9. The molecule has 270 valence electrons. The highest BCUT2D eigenvalue weighted by Gasteiger charge is 2.49. The number of fused-ring (bicyclic) bond motifs is 1. The van der Waals surface area contributed by atoms with Gasteiger partial charge in [0.15, 0.2) is 5.82 Å². The third kappa shape index (κ3) is 7.28. The summed E-state index contributed by atoms with van der Waals surface area (Å²) in [6, 6.07) is 9.26. The van der Waals surface area contributed by atoms with Crippen molar-refractivity contribution >= 4 is 31.0 Å². The van der Waals surface area contributed by atoms with Crippen LogP contribution >= 0.6 is 0 Å². The number of carbonyl (C=O) groups is 1. The lowest BCUT2D eigenvalue weighted by Crippen LogP contribution is -2.63. The SMILES string of the molecule is CN(c1ccc(-c2ccc(-c3cnn(C4CCCCO4)c3)c3nnn(COCC[Si](C)(C)C)c23)nn1)[C@@H]1CCN(C(=O)O)[C@@](C)(C(C)(C)C)C1. The van der Waals surface area contributed by atoms with Crippen molar-refractivity contribution in [3.05, 3.63) is 36.7 Å². The molecule has 2 saturated heterocycles. The van der Waals surface area contributed by atoms with Crippen LogP contribution in [0.5, 0.6) is 0 Å². The maximum absolute atomic E-state index is 12.2.